The summed E-state index contributed by atoms with van der Waals surface area (Å²) in [6.45, 7) is 5.10. The van der Waals surface area contributed by atoms with Crippen molar-refractivity contribution in [2.45, 2.75) is 38.7 Å². The van der Waals surface area contributed by atoms with Crippen molar-refractivity contribution in [3.05, 3.63) is 45.2 Å². The third kappa shape index (κ3) is 4.09. The number of aromatic nitrogens is 2. The molecule has 3 aliphatic rings. The standard InChI is InChI=1S/C23H26N4O3S2/c1-15-6-4-9-25(13-15)20-17(21(28)26-10-3-2-8-19(26)24-20)12-18-22(29)27(23(31)32-18)14-16-7-5-11-30-16/h2-3,8,10,12,15-16H,4-7,9,11,13-14H2,1H3/b18-12+/t15-,16-/m0/s1. The van der Waals surface area contributed by atoms with Crippen LogP contribution in [0.5, 0.6) is 0 Å². The van der Waals surface area contributed by atoms with Gasteiger partial charge < -0.3 is 9.64 Å². The third-order valence-electron chi connectivity index (χ3n) is 6.26. The van der Waals surface area contributed by atoms with E-state index in [1.165, 1.54) is 22.6 Å². The molecule has 2 aromatic heterocycles. The highest BCUT2D eigenvalue weighted by atomic mass is 32.2. The van der Waals surface area contributed by atoms with E-state index in [9.17, 15) is 9.59 Å². The van der Waals surface area contributed by atoms with Crippen LogP contribution in [0.25, 0.3) is 11.7 Å². The van der Waals surface area contributed by atoms with Gasteiger partial charge in [0.05, 0.1) is 23.1 Å². The van der Waals surface area contributed by atoms with Crippen LogP contribution in [0.2, 0.25) is 0 Å². The fourth-order valence-corrected chi connectivity index (χ4v) is 5.88. The molecule has 5 heterocycles. The summed E-state index contributed by atoms with van der Waals surface area (Å²) in [5.74, 6) is 1.01. The zero-order chi connectivity index (χ0) is 22.2. The largest absolute Gasteiger partial charge is 0.376 e. The first-order valence-corrected chi connectivity index (χ1v) is 12.4. The molecule has 5 rings (SSSR count). The van der Waals surface area contributed by atoms with Gasteiger partial charge in [0.25, 0.3) is 11.5 Å². The zero-order valence-corrected chi connectivity index (χ0v) is 19.7. The van der Waals surface area contributed by atoms with Gasteiger partial charge in [-0.1, -0.05) is 37.0 Å². The van der Waals surface area contributed by atoms with Gasteiger partial charge in [-0.3, -0.25) is 18.9 Å². The Hall–Kier alpha value is -2.23. The van der Waals surface area contributed by atoms with Gasteiger partial charge in [-0.15, -0.1) is 0 Å². The molecular weight excluding hydrogens is 444 g/mol. The monoisotopic (exact) mass is 470 g/mol. The molecule has 0 aliphatic carbocycles. The summed E-state index contributed by atoms with van der Waals surface area (Å²) in [5, 5.41) is 0. The summed E-state index contributed by atoms with van der Waals surface area (Å²) in [4.78, 5) is 35.7. The van der Waals surface area contributed by atoms with E-state index < -0.39 is 0 Å². The average molecular weight is 471 g/mol. The second kappa shape index (κ2) is 8.96. The lowest BCUT2D eigenvalue weighted by atomic mass is 10.00. The van der Waals surface area contributed by atoms with E-state index >= 15 is 0 Å². The maximum Gasteiger partial charge on any atom is 0.267 e. The van der Waals surface area contributed by atoms with Crippen LogP contribution in [0, 0.1) is 5.92 Å². The van der Waals surface area contributed by atoms with Crippen LogP contribution in [0.1, 0.15) is 38.2 Å². The van der Waals surface area contributed by atoms with Crippen LogP contribution >= 0.6 is 24.0 Å². The van der Waals surface area contributed by atoms with Crippen molar-refractivity contribution in [1.82, 2.24) is 14.3 Å². The Kier molecular flexibility index (Phi) is 6.05. The number of rotatable bonds is 4. The highest BCUT2D eigenvalue weighted by molar-refractivity contribution is 8.26. The van der Waals surface area contributed by atoms with E-state index in [2.05, 4.69) is 11.8 Å². The number of carbonyl (C=O) groups is 1. The van der Waals surface area contributed by atoms with Crippen molar-refractivity contribution >= 4 is 51.7 Å². The van der Waals surface area contributed by atoms with Crippen molar-refractivity contribution in [3.63, 3.8) is 0 Å². The number of hydrogen-bond acceptors (Lipinski definition) is 7. The topological polar surface area (TPSA) is 67.2 Å². The first-order chi connectivity index (χ1) is 15.5. The minimum absolute atomic E-state index is 0.0233. The van der Waals surface area contributed by atoms with Crippen LogP contribution in [-0.4, -0.2) is 56.9 Å². The van der Waals surface area contributed by atoms with Crippen molar-refractivity contribution in [1.29, 1.82) is 0 Å². The van der Waals surface area contributed by atoms with E-state index in [1.54, 1.807) is 17.2 Å². The first-order valence-electron chi connectivity index (χ1n) is 11.1. The molecule has 3 fully saturated rings. The Morgan fingerprint density at radius 3 is 2.94 bits per heavy atom. The van der Waals surface area contributed by atoms with Gasteiger partial charge in [-0.2, -0.15) is 0 Å². The Morgan fingerprint density at radius 1 is 1.28 bits per heavy atom. The van der Waals surface area contributed by atoms with Gasteiger partial charge in [0.15, 0.2) is 0 Å². The lowest BCUT2D eigenvalue weighted by Gasteiger charge is -2.32. The van der Waals surface area contributed by atoms with Gasteiger partial charge in [0.1, 0.15) is 15.8 Å². The molecule has 9 heteroatoms. The third-order valence-corrected chi connectivity index (χ3v) is 7.64. The first kappa shape index (κ1) is 21.6. The normalized spacial score (nSPS) is 25.5. The molecule has 0 spiro atoms. The highest BCUT2D eigenvalue weighted by Gasteiger charge is 2.35. The Balaban J connectivity index is 1.55. The predicted octanol–water partition coefficient (Wildman–Crippen LogP) is 3.31. The number of ether oxygens (including phenoxy) is 1. The SMILES string of the molecule is C[C@H]1CCCN(c2nc3ccccn3c(=O)c2/C=C2/SC(=S)N(C[C@@H]3CCCO3)C2=O)C1. The molecule has 0 bridgehead atoms. The zero-order valence-electron chi connectivity index (χ0n) is 18.0. The number of pyridine rings is 1. The molecule has 3 saturated heterocycles. The molecule has 2 aromatic rings. The van der Waals surface area contributed by atoms with E-state index in [1.807, 2.05) is 18.2 Å². The molecular formula is C23H26N4O3S2. The maximum absolute atomic E-state index is 13.5. The van der Waals surface area contributed by atoms with Gasteiger partial charge >= 0.3 is 0 Å². The van der Waals surface area contributed by atoms with Crippen LogP contribution in [-0.2, 0) is 9.53 Å². The Labute approximate surface area is 196 Å². The number of carbonyl (C=O) groups excluding carboxylic acids is 1. The molecule has 0 aromatic carbocycles. The van der Waals surface area contributed by atoms with Crippen LogP contribution in [0.4, 0.5) is 5.82 Å². The number of hydrogen-bond donors (Lipinski definition) is 0. The van der Waals surface area contributed by atoms with Crippen LogP contribution in [0.15, 0.2) is 34.1 Å². The summed E-state index contributed by atoms with van der Waals surface area (Å²) < 4.78 is 7.74. The van der Waals surface area contributed by atoms with Crippen LogP contribution in [0.3, 0.4) is 0 Å². The van der Waals surface area contributed by atoms with Crippen molar-refractivity contribution in [2.75, 3.05) is 31.1 Å². The van der Waals surface area contributed by atoms with Crippen LogP contribution < -0.4 is 10.5 Å². The second-order valence-electron chi connectivity index (χ2n) is 8.70. The number of fused-ring (bicyclic) bond motifs is 1. The second-order valence-corrected chi connectivity index (χ2v) is 10.4. The molecule has 32 heavy (non-hydrogen) atoms. The molecule has 0 N–H and O–H groups in total. The summed E-state index contributed by atoms with van der Waals surface area (Å²) in [6, 6.07) is 5.52. The lowest BCUT2D eigenvalue weighted by Crippen LogP contribution is -2.37. The van der Waals surface area contributed by atoms with Gasteiger partial charge in [0.2, 0.25) is 0 Å². The van der Waals surface area contributed by atoms with E-state index in [0.717, 1.165) is 39.0 Å². The molecule has 168 valence electrons. The molecule has 2 atom stereocenters. The number of piperidine rings is 1. The summed E-state index contributed by atoms with van der Waals surface area (Å²) >= 11 is 6.74. The van der Waals surface area contributed by atoms with E-state index in [-0.39, 0.29) is 17.6 Å². The van der Waals surface area contributed by atoms with Crippen molar-refractivity contribution < 1.29 is 9.53 Å². The van der Waals surface area contributed by atoms with Crippen molar-refractivity contribution in [2.24, 2.45) is 5.92 Å². The van der Waals surface area contributed by atoms with Gasteiger partial charge in [0, 0.05) is 25.9 Å². The predicted molar refractivity (Wildman–Crippen MR) is 131 cm³/mol. The minimum atomic E-state index is -0.173. The Morgan fingerprint density at radius 2 is 2.16 bits per heavy atom. The molecule has 0 unspecified atom stereocenters. The number of thiocarbonyl (C=S) groups is 1. The lowest BCUT2D eigenvalue weighted by molar-refractivity contribution is -0.123. The maximum atomic E-state index is 13.5. The number of anilines is 1. The van der Waals surface area contributed by atoms with Crippen molar-refractivity contribution in [3.8, 4) is 0 Å². The summed E-state index contributed by atoms with van der Waals surface area (Å²) in [5.41, 5.74) is 0.877. The van der Waals surface area contributed by atoms with Gasteiger partial charge in [-0.25, -0.2) is 4.98 Å². The summed E-state index contributed by atoms with van der Waals surface area (Å²) in [7, 11) is 0. The molecule has 7 nitrogen and oxygen atoms in total. The molecule has 0 saturated carbocycles. The Bertz CT molecular complexity index is 1160. The average Bonchev–Trinajstić information content (AvgIpc) is 3.39. The number of amides is 1. The number of thioether (sulfide) groups is 1. The van der Waals surface area contributed by atoms with Gasteiger partial charge in [-0.05, 0) is 49.8 Å². The van der Waals surface area contributed by atoms with E-state index in [0.29, 0.717) is 38.7 Å². The highest BCUT2D eigenvalue weighted by Crippen LogP contribution is 2.35. The number of nitrogens with zero attached hydrogens (tertiary/aromatic N) is 4. The quantitative estimate of drug-likeness (QED) is 0.502. The molecule has 3 aliphatic heterocycles. The van der Waals surface area contributed by atoms with E-state index in [4.69, 9.17) is 21.9 Å². The minimum Gasteiger partial charge on any atom is -0.376 e. The molecule has 1 amide bonds. The fourth-order valence-electron chi connectivity index (χ4n) is 4.62. The molecule has 0 radical (unpaired) electrons. The fraction of sp³-hybridized carbons (Fsp3) is 0.478. The summed E-state index contributed by atoms with van der Waals surface area (Å²) in [6.07, 6.45) is 7.59. The smallest absolute Gasteiger partial charge is 0.267 e.